The van der Waals surface area contributed by atoms with E-state index in [1.807, 2.05) is 11.6 Å². The van der Waals surface area contributed by atoms with Gasteiger partial charge in [-0.2, -0.15) is 5.10 Å². The standard InChI is InChI=1S/C11H19BrN2O/c1-5-14-10(8(12)7-13-14)9(15)6-11(2,3)4/h7,9,15H,5-6H2,1-4H3. The third-order valence-electron chi connectivity index (χ3n) is 2.25. The van der Waals surface area contributed by atoms with Crippen molar-refractivity contribution in [3.63, 3.8) is 0 Å². The van der Waals surface area contributed by atoms with Crippen LogP contribution in [0.25, 0.3) is 0 Å². The minimum absolute atomic E-state index is 0.113. The van der Waals surface area contributed by atoms with Gasteiger partial charge in [-0.15, -0.1) is 0 Å². The van der Waals surface area contributed by atoms with E-state index in [4.69, 9.17) is 0 Å². The van der Waals surface area contributed by atoms with Crippen LogP contribution in [0.5, 0.6) is 0 Å². The normalized spacial score (nSPS) is 14.3. The molecule has 0 radical (unpaired) electrons. The van der Waals surface area contributed by atoms with E-state index in [-0.39, 0.29) is 5.41 Å². The second-order valence-corrected chi connectivity index (χ2v) is 5.83. The van der Waals surface area contributed by atoms with Crippen LogP contribution in [-0.4, -0.2) is 14.9 Å². The molecule has 0 aliphatic carbocycles. The van der Waals surface area contributed by atoms with Gasteiger partial charge in [0.1, 0.15) is 0 Å². The van der Waals surface area contributed by atoms with Crippen LogP contribution >= 0.6 is 15.9 Å². The van der Waals surface area contributed by atoms with Crippen molar-refractivity contribution in [1.29, 1.82) is 0 Å². The first-order valence-corrected chi connectivity index (χ1v) is 6.03. The van der Waals surface area contributed by atoms with Crippen molar-refractivity contribution in [2.24, 2.45) is 5.41 Å². The van der Waals surface area contributed by atoms with Gasteiger partial charge in [-0.05, 0) is 34.7 Å². The highest BCUT2D eigenvalue weighted by molar-refractivity contribution is 9.10. The zero-order chi connectivity index (χ0) is 11.6. The minimum Gasteiger partial charge on any atom is -0.387 e. The highest BCUT2D eigenvalue weighted by atomic mass is 79.9. The fourth-order valence-corrected chi connectivity index (χ4v) is 2.19. The summed E-state index contributed by atoms with van der Waals surface area (Å²) in [7, 11) is 0. The summed E-state index contributed by atoms with van der Waals surface area (Å²) in [5, 5.41) is 14.3. The molecule has 0 aliphatic heterocycles. The van der Waals surface area contributed by atoms with E-state index in [1.165, 1.54) is 0 Å². The van der Waals surface area contributed by atoms with E-state index in [9.17, 15) is 5.11 Å². The number of hydrogen-bond acceptors (Lipinski definition) is 2. The molecule has 0 amide bonds. The molecule has 0 bridgehead atoms. The third-order valence-corrected chi connectivity index (χ3v) is 2.87. The zero-order valence-electron chi connectivity index (χ0n) is 9.79. The maximum absolute atomic E-state index is 10.1. The number of aliphatic hydroxyl groups is 1. The molecule has 15 heavy (non-hydrogen) atoms. The Morgan fingerprint density at radius 2 is 2.13 bits per heavy atom. The molecule has 0 aliphatic rings. The van der Waals surface area contributed by atoms with E-state index in [1.54, 1.807) is 6.20 Å². The quantitative estimate of drug-likeness (QED) is 0.920. The fraction of sp³-hybridized carbons (Fsp3) is 0.727. The average molecular weight is 275 g/mol. The first kappa shape index (κ1) is 12.7. The maximum atomic E-state index is 10.1. The van der Waals surface area contributed by atoms with Crippen LogP contribution in [0.2, 0.25) is 0 Å². The fourth-order valence-electron chi connectivity index (χ4n) is 1.63. The predicted octanol–water partition coefficient (Wildman–Crippen LogP) is 3.14. The number of rotatable bonds is 3. The second kappa shape index (κ2) is 4.66. The predicted molar refractivity (Wildman–Crippen MR) is 64.6 cm³/mol. The van der Waals surface area contributed by atoms with Crippen molar-refractivity contribution in [3.05, 3.63) is 16.4 Å². The molecule has 0 fully saturated rings. The van der Waals surface area contributed by atoms with E-state index in [0.29, 0.717) is 0 Å². The van der Waals surface area contributed by atoms with Crippen LogP contribution < -0.4 is 0 Å². The van der Waals surface area contributed by atoms with Crippen molar-refractivity contribution in [2.45, 2.75) is 46.8 Å². The van der Waals surface area contributed by atoms with Gasteiger partial charge in [0, 0.05) is 6.54 Å². The van der Waals surface area contributed by atoms with Crippen LogP contribution in [0.1, 0.15) is 45.9 Å². The smallest absolute Gasteiger partial charge is 0.0973 e. The summed E-state index contributed by atoms with van der Waals surface area (Å²) >= 11 is 3.42. The Kier molecular flexibility index (Phi) is 3.95. The topological polar surface area (TPSA) is 38.0 Å². The van der Waals surface area contributed by atoms with E-state index in [2.05, 4.69) is 41.8 Å². The molecule has 0 aromatic carbocycles. The third kappa shape index (κ3) is 3.31. The molecular weight excluding hydrogens is 256 g/mol. The van der Waals surface area contributed by atoms with Crippen LogP contribution in [0, 0.1) is 5.41 Å². The number of aromatic nitrogens is 2. The molecule has 1 N–H and O–H groups in total. The number of hydrogen-bond donors (Lipinski definition) is 1. The van der Waals surface area contributed by atoms with Crippen molar-refractivity contribution >= 4 is 15.9 Å². The van der Waals surface area contributed by atoms with E-state index < -0.39 is 6.10 Å². The summed E-state index contributed by atoms with van der Waals surface area (Å²) < 4.78 is 2.72. The van der Waals surface area contributed by atoms with Crippen molar-refractivity contribution in [2.75, 3.05) is 0 Å². The van der Waals surface area contributed by atoms with Crippen molar-refractivity contribution in [3.8, 4) is 0 Å². The van der Waals surface area contributed by atoms with E-state index in [0.717, 1.165) is 23.1 Å². The first-order valence-electron chi connectivity index (χ1n) is 5.24. The summed E-state index contributed by atoms with van der Waals surface area (Å²) in [4.78, 5) is 0. The second-order valence-electron chi connectivity index (χ2n) is 4.97. The average Bonchev–Trinajstić information content (AvgIpc) is 2.43. The molecular formula is C11H19BrN2O. The summed E-state index contributed by atoms with van der Waals surface area (Å²) in [6.07, 6.45) is 2.02. The Bertz CT molecular complexity index is 328. The van der Waals surface area contributed by atoms with Gasteiger partial charge < -0.3 is 5.11 Å². The maximum Gasteiger partial charge on any atom is 0.0973 e. The lowest BCUT2D eigenvalue weighted by atomic mass is 9.88. The van der Waals surface area contributed by atoms with Gasteiger partial charge in [-0.1, -0.05) is 20.8 Å². The molecule has 1 aromatic heterocycles. The lowest BCUT2D eigenvalue weighted by Crippen LogP contribution is -2.15. The number of halogens is 1. The van der Waals surface area contributed by atoms with Gasteiger partial charge in [0.05, 0.1) is 22.5 Å². The summed E-state index contributed by atoms with van der Waals surface area (Å²) in [6, 6.07) is 0. The van der Waals surface area contributed by atoms with Gasteiger partial charge in [0.15, 0.2) is 0 Å². The van der Waals surface area contributed by atoms with Gasteiger partial charge in [-0.3, -0.25) is 4.68 Å². The lowest BCUT2D eigenvalue weighted by molar-refractivity contribution is 0.113. The zero-order valence-corrected chi connectivity index (χ0v) is 11.4. The summed E-state index contributed by atoms with van der Waals surface area (Å²) in [5.41, 5.74) is 0.995. The van der Waals surface area contributed by atoms with E-state index >= 15 is 0 Å². The van der Waals surface area contributed by atoms with Gasteiger partial charge in [0.2, 0.25) is 0 Å². The summed E-state index contributed by atoms with van der Waals surface area (Å²) in [5.74, 6) is 0. The molecule has 1 atom stereocenters. The molecule has 0 spiro atoms. The Hall–Kier alpha value is -0.350. The van der Waals surface area contributed by atoms with Gasteiger partial charge >= 0.3 is 0 Å². The van der Waals surface area contributed by atoms with Gasteiger partial charge in [-0.25, -0.2) is 0 Å². The van der Waals surface area contributed by atoms with Crippen molar-refractivity contribution < 1.29 is 5.11 Å². The Morgan fingerprint density at radius 1 is 1.53 bits per heavy atom. The number of nitrogens with zero attached hydrogens (tertiary/aromatic N) is 2. The van der Waals surface area contributed by atoms with Crippen LogP contribution in [-0.2, 0) is 6.54 Å². The Balaban J connectivity index is 2.90. The molecule has 0 saturated carbocycles. The molecule has 0 saturated heterocycles. The lowest BCUT2D eigenvalue weighted by Gasteiger charge is -2.23. The highest BCUT2D eigenvalue weighted by Gasteiger charge is 2.23. The van der Waals surface area contributed by atoms with Gasteiger partial charge in [0.25, 0.3) is 0 Å². The molecule has 4 heteroatoms. The molecule has 86 valence electrons. The van der Waals surface area contributed by atoms with Crippen LogP contribution in [0.3, 0.4) is 0 Å². The Morgan fingerprint density at radius 3 is 2.60 bits per heavy atom. The first-order chi connectivity index (χ1) is 6.85. The molecule has 1 rings (SSSR count). The van der Waals surface area contributed by atoms with Crippen molar-refractivity contribution in [1.82, 2.24) is 9.78 Å². The minimum atomic E-state index is -0.457. The van der Waals surface area contributed by atoms with Crippen LogP contribution in [0.15, 0.2) is 10.7 Å². The summed E-state index contributed by atoms with van der Waals surface area (Å²) in [6.45, 7) is 9.17. The molecule has 1 aromatic rings. The highest BCUT2D eigenvalue weighted by Crippen LogP contribution is 2.32. The molecule has 3 nitrogen and oxygen atoms in total. The number of aryl methyl sites for hydroxylation is 1. The van der Waals surface area contributed by atoms with Crippen LogP contribution in [0.4, 0.5) is 0 Å². The Labute approximate surface area is 99.6 Å². The SMILES string of the molecule is CCn1ncc(Br)c1C(O)CC(C)(C)C. The number of aliphatic hydroxyl groups excluding tert-OH is 1. The largest absolute Gasteiger partial charge is 0.387 e. The molecule has 1 heterocycles. The monoisotopic (exact) mass is 274 g/mol. The molecule has 1 unspecified atom stereocenters.